The van der Waals surface area contributed by atoms with E-state index in [4.69, 9.17) is 21.1 Å². The smallest absolute Gasteiger partial charge is 0.295 e. The summed E-state index contributed by atoms with van der Waals surface area (Å²) in [5.41, 5.74) is 2.71. The predicted molar refractivity (Wildman–Crippen MR) is 127 cm³/mol. The van der Waals surface area contributed by atoms with Crippen LogP contribution in [-0.2, 0) is 21.4 Å². The first-order chi connectivity index (χ1) is 15.8. The third-order valence-corrected chi connectivity index (χ3v) is 6.23. The van der Waals surface area contributed by atoms with Gasteiger partial charge in [0.05, 0.1) is 35.9 Å². The highest BCUT2D eigenvalue weighted by atomic mass is 35.5. The Labute approximate surface area is 196 Å². The molecule has 172 valence electrons. The number of fused-ring (bicyclic) bond motifs is 1. The van der Waals surface area contributed by atoms with Gasteiger partial charge in [-0.25, -0.2) is 0 Å². The van der Waals surface area contributed by atoms with Gasteiger partial charge in [-0.05, 0) is 30.7 Å². The van der Waals surface area contributed by atoms with E-state index in [-0.39, 0.29) is 35.8 Å². The summed E-state index contributed by atoms with van der Waals surface area (Å²) in [5, 5.41) is 12.6. The van der Waals surface area contributed by atoms with Crippen LogP contribution in [0.4, 0.5) is 0 Å². The molecule has 0 aliphatic carbocycles. The van der Waals surface area contributed by atoms with Crippen LogP contribution < -0.4 is 4.74 Å². The zero-order chi connectivity index (χ0) is 23.9. The van der Waals surface area contributed by atoms with Crippen molar-refractivity contribution in [3.8, 4) is 5.75 Å². The summed E-state index contributed by atoms with van der Waals surface area (Å²) in [4.78, 5) is 27.8. The van der Waals surface area contributed by atoms with Crippen molar-refractivity contribution in [2.75, 3.05) is 27.4 Å². The monoisotopic (exact) mass is 468 g/mol. The molecule has 1 saturated heterocycles. The lowest BCUT2D eigenvalue weighted by Gasteiger charge is -2.24. The Morgan fingerprint density at radius 3 is 2.61 bits per heavy atom. The standard InChI is InChI=1S/C25H25ClN2O5/c1-14-11-16(24(33-4)18(26)12-14)22(29)20-21(28(9-10-32-3)25(31)23(20)30)17-13-27(2)19-8-6-5-7-15(17)19/h5-8,11-13,21,29H,9-10H2,1-4H3/b22-20+. The number of para-hydroxylation sites is 1. The Morgan fingerprint density at radius 2 is 1.91 bits per heavy atom. The number of halogens is 1. The molecule has 1 atom stereocenters. The number of methoxy groups -OCH3 is 2. The van der Waals surface area contributed by atoms with Gasteiger partial charge in [-0.15, -0.1) is 0 Å². The summed E-state index contributed by atoms with van der Waals surface area (Å²) >= 11 is 6.34. The lowest BCUT2D eigenvalue weighted by atomic mass is 9.94. The molecule has 33 heavy (non-hydrogen) atoms. The molecule has 1 fully saturated rings. The van der Waals surface area contributed by atoms with Gasteiger partial charge in [0.15, 0.2) is 0 Å². The summed E-state index contributed by atoms with van der Waals surface area (Å²) in [6, 6.07) is 10.3. The highest BCUT2D eigenvalue weighted by molar-refractivity contribution is 6.47. The highest BCUT2D eigenvalue weighted by Gasteiger charge is 2.47. The molecule has 2 heterocycles. The largest absolute Gasteiger partial charge is 0.507 e. The van der Waals surface area contributed by atoms with E-state index in [0.717, 1.165) is 22.0 Å². The number of nitrogens with zero attached hydrogens (tertiary/aromatic N) is 2. The zero-order valence-corrected chi connectivity index (χ0v) is 19.6. The molecule has 2 aromatic carbocycles. The number of amides is 1. The zero-order valence-electron chi connectivity index (χ0n) is 18.9. The fourth-order valence-electron chi connectivity index (χ4n) is 4.47. The molecule has 1 N–H and O–H groups in total. The molecule has 1 unspecified atom stereocenters. The van der Waals surface area contributed by atoms with Crippen LogP contribution >= 0.6 is 11.6 Å². The van der Waals surface area contributed by atoms with Crippen LogP contribution in [0.1, 0.15) is 22.7 Å². The molecule has 4 rings (SSSR count). The molecule has 0 radical (unpaired) electrons. The number of hydrogen-bond donors (Lipinski definition) is 1. The minimum Gasteiger partial charge on any atom is -0.507 e. The van der Waals surface area contributed by atoms with Crippen LogP contribution in [0.15, 0.2) is 48.2 Å². The van der Waals surface area contributed by atoms with E-state index < -0.39 is 17.7 Å². The number of aryl methyl sites for hydroxylation is 2. The van der Waals surface area contributed by atoms with Crippen LogP contribution in [-0.4, -0.2) is 53.6 Å². The molecule has 3 aromatic rings. The fraction of sp³-hybridized carbons (Fsp3) is 0.280. The van der Waals surface area contributed by atoms with Gasteiger partial charge in [-0.2, -0.15) is 0 Å². The van der Waals surface area contributed by atoms with Crippen molar-refractivity contribution in [1.29, 1.82) is 0 Å². The van der Waals surface area contributed by atoms with Gasteiger partial charge < -0.3 is 24.0 Å². The number of Topliss-reactive ketones (excluding diaryl/α,β-unsaturated/α-hetero) is 1. The Bertz CT molecular complexity index is 1290. The Hall–Kier alpha value is -3.29. The van der Waals surface area contributed by atoms with Crippen LogP contribution in [0, 0.1) is 6.92 Å². The molecular formula is C25H25ClN2O5. The molecule has 1 aromatic heterocycles. The molecule has 7 nitrogen and oxygen atoms in total. The van der Waals surface area contributed by atoms with E-state index in [1.165, 1.54) is 19.1 Å². The van der Waals surface area contributed by atoms with E-state index in [1.807, 2.05) is 49.0 Å². The van der Waals surface area contributed by atoms with Gasteiger partial charge in [-0.1, -0.05) is 29.8 Å². The average molecular weight is 469 g/mol. The first kappa shape index (κ1) is 22.9. The number of ketones is 1. The van der Waals surface area contributed by atoms with E-state index in [1.54, 1.807) is 12.1 Å². The van der Waals surface area contributed by atoms with Crippen molar-refractivity contribution in [1.82, 2.24) is 9.47 Å². The number of hydrogen-bond acceptors (Lipinski definition) is 5. The minimum absolute atomic E-state index is 0.00702. The highest BCUT2D eigenvalue weighted by Crippen LogP contribution is 2.44. The first-order valence-corrected chi connectivity index (χ1v) is 10.8. The van der Waals surface area contributed by atoms with Crippen molar-refractivity contribution >= 4 is 40.0 Å². The van der Waals surface area contributed by atoms with E-state index in [9.17, 15) is 14.7 Å². The normalized spacial score (nSPS) is 17.8. The second kappa shape index (κ2) is 8.92. The third-order valence-electron chi connectivity index (χ3n) is 5.95. The van der Waals surface area contributed by atoms with Crippen LogP contribution in [0.2, 0.25) is 5.02 Å². The summed E-state index contributed by atoms with van der Waals surface area (Å²) in [7, 11) is 4.87. The fourth-order valence-corrected chi connectivity index (χ4v) is 4.82. The van der Waals surface area contributed by atoms with Crippen molar-refractivity contribution in [2.24, 2.45) is 7.05 Å². The van der Waals surface area contributed by atoms with Gasteiger partial charge >= 0.3 is 0 Å². The topological polar surface area (TPSA) is 81.0 Å². The molecule has 8 heteroatoms. The molecule has 1 aliphatic heterocycles. The van der Waals surface area contributed by atoms with Crippen molar-refractivity contribution in [3.63, 3.8) is 0 Å². The number of benzene rings is 2. The Morgan fingerprint density at radius 1 is 1.18 bits per heavy atom. The number of aliphatic hydroxyl groups is 1. The molecule has 0 bridgehead atoms. The van der Waals surface area contributed by atoms with Gasteiger partial charge in [0, 0.05) is 43.4 Å². The molecule has 1 aliphatic rings. The van der Waals surface area contributed by atoms with Crippen molar-refractivity contribution in [3.05, 3.63) is 69.9 Å². The number of aromatic nitrogens is 1. The van der Waals surface area contributed by atoms with Crippen LogP contribution in [0.3, 0.4) is 0 Å². The summed E-state index contributed by atoms with van der Waals surface area (Å²) in [5.74, 6) is -1.54. The molecular weight excluding hydrogens is 444 g/mol. The van der Waals surface area contributed by atoms with E-state index >= 15 is 0 Å². The predicted octanol–water partition coefficient (Wildman–Crippen LogP) is 4.22. The number of carbonyl (C=O) groups excluding carboxylic acids is 2. The second-order valence-corrected chi connectivity index (χ2v) is 8.43. The molecule has 0 spiro atoms. The van der Waals surface area contributed by atoms with Crippen molar-refractivity contribution in [2.45, 2.75) is 13.0 Å². The minimum atomic E-state index is -0.796. The van der Waals surface area contributed by atoms with E-state index in [0.29, 0.717) is 5.02 Å². The molecule has 1 amide bonds. The number of aliphatic hydroxyl groups excluding tert-OH is 1. The van der Waals surface area contributed by atoms with Crippen molar-refractivity contribution < 1.29 is 24.2 Å². The first-order valence-electron chi connectivity index (χ1n) is 10.5. The number of rotatable bonds is 6. The van der Waals surface area contributed by atoms with Gasteiger partial charge in [0.2, 0.25) is 0 Å². The van der Waals surface area contributed by atoms with Gasteiger partial charge in [0.25, 0.3) is 11.7 Å². The van der Waals surface area contributed by atoms with E-state index in [2.05, 4.69) is 0 Å². The maximum absolute atomic E-state index is 13.3. The van der Waals surface area contributed by atoms with Gasteiger partial charge in [-0.3, -0.25) is 9.59 Å². The maximum atomic E-state index is 13.3. The quantitative estimate of drug-likeness (QED) is 0.333. The maximum Gasteiger partial charge on any atom is 0.295 e. The number of likely N-dealkylation sites (tertiary alicyclic amines) is 1. The van der Waals surface area contributed by atoms with Gasteiger partial charge in [0.1, 0.15) is 11.5 Å². The lowest BCUT2D eigenvalue weighted by molar-refractivity contribution is -0.140. The second-order valence-electron chi connectivity index (χ2n) is 8.03. The van der Waals surface area contributed by atoms with Crippen LogP contribution in [0.5, 0.6) is 5.75 Å². The third kappa shape index (κ3) is 3.77. The van der Waals surface area contributed by atoms with Crippen LogP contribution in [0.25, 0.3) is 16.7 Å². The average Bonchev–Trinajstić information content (AvgIpc) is 3.25. The summed E-state index contributed by atoms with van der Waals surface area (Å²) in [6.45, 7) is 2.26. The molecule has 0 saturated carbocycles. The number of ether oxygens (including phenoxy) is 2. The lowest BCUT2D eigenvalue weighted by Crippen LogP contribution is -2.32. The SMILES string of the molecule is COCCN1C(=O)C(=O)/C(=C(/O)c2cc(C)cc(Cl)c2OC)C1c1cn(C)c2ccccc12. The summed E-state index contributed by atoms with van der Waals surface area (Å²) < 4.78 is 12.5. The Kier molecular flexibility index (Phi) is 6.19. The summed E-state index contributed by atoms with van der Waals surface area (Å²) in [6.07, 6.45) is 1.88. The number of carbonyl (C=O) groups is 2. The Balaban J connectivity index is 2.01.